The molecule has 2 heterocycles. The monoisotopic (exact) mass is 520 g/mol. The molecule has 0 bridgehead atoms. The fourth-order valence-electron chi connectivity index (χ4n) is 3.93. The molecule has 3 N–H and O–H groups in total. The minimum Gasteiger partial charge on any atom is -0.480 e. The van der Waals surface area contributed by atoms with E-state index in [4.69, 9.17) is 4.74 Å². The molecule has 0 saturated carbocycles. The molecule has 2 atom stereocenters. The van der Waals surface area contributed by atoms with Gasteiger partial charge in [0.05, 0.1) is 4.91 Å². The third kappa shape index (κ3) is 8.06. The Morgan fingerprint density at radius 1 is 1.36 bits per heavy atom. The Kier molecular flexibility index (Phi) is 9.13. The van der Waals surface area contributed by atoms with Crippen LogP contribution in [0.3, 0.4) is 0 Å². The summed E-state index contributed by atoms with van der Waals surface area (Å²) < 4.78 is 19.3. The summed E-state index contributed by atoms with van der Waals surface area (Å²) in [7, 11) is 0. The molecule has 9 nitrogen and oxygen atoms in total. The average molecular weight is 521 g/mol. The minimum atomic E-state index is -1.18. The highest BCUT2D eigenvalue weighted by Gasteiger charge is 2.28. The van der Waals surface area contributed by atoms with Crippen molar-refractivity contribution >= 4 is 41.0 Å². The minimum absolute atomic E-state index is 0.114. The number of carbonyl (C=O) groups is 3. The number of carboxylic acid groups (broad SMARTS) is 1. The molecule has 36 heavy (non-hydrogen) atoms. The number of halogens is 1. The third-order valence-corrected chi connectivity index (χ3v) is 6.55. The summed E-state index contributed by atoms with van der Waals surface area (Å²) in [6.07, 6.45) is 3.43. The van der Waals surface area contributed by atoms with Gasteiger partial charge in [-0.15, -0.1) is 0 Å². The molecule has 2 aliphatic rings. The Morgan fingerprint density at radius 2 is 2.11 bits per heavy atom. The van der Waals surface area contributed by atoms with Crippen LogP contribution in [0.15, 0.2) is 28.1 Å². The number of benzene rings is 1. The van der Waals surface area contributed by atoms with Gasteiger partial charge >= 0.3 is 12.1 Å². The van der Waals surface area contributed by atoms with Crippen LogP contribution in [0.1, 0.15) is 58.1 Å². The molecule has 3 rings (SSSR count). The van der Waals surface area contributed by atoms with Gasteiger partial charge < -0.3 is 15.2 Å². The van der Waals surface area contributed by atoms with E-state index in [1.165, 1.54) is 23.9 Å². The molecular weight excluding hydrogens is 487 g/mol. The summed E-state index contributed by atoms with van der Waals surface area (Å²) in [6, 6.07) is 3.15. The molecule has 196 valence electrons. The van der Waals surface area contributed by atoms with E-state index in [-0.39, 0.29) is 18.2 Å². The first-order chi connectivity index (χ1) is 16.9. The number of nitrogens with one attached hydrogen (secondary N) is 2. The molecule has 11 heteroatoms. The molecular formula is C25H33FN4O5S. The van der Waals surface area contributed by atoms with Crippen LogP contribution >= 0.6 is 11.8 Å². The molecule has 1 aromatic rings. The number of thioether (sulfide) groups is 1. The fourth-order valence-corrected chi connectivity index (χ4v) is 4.84. The number of ether oxygens (including phenoxy) is 1. The van der Waals surface area contributed by atoms with Gasteiger partial charge in [-0.25, -0.2) is 19.4 Å². The maximum absolute atomic E-state index is 14.1. The molecule has 0 aromatic heterocycles. The van der Waals surface area contributed by atoms with Crippen LogP contribution in [0.25, 0.3) is 6.08 Å². The van der Waals surface area contributed by atoms with Crippen LogP contribution in [0.2, 0.25) is 0 Å². The Bertz CT molecular complexity index is 1060. The second kappa shape index (κ2) is 11.9. The number of alkyl carbamates (subject to hydrolysis) is 1. The second-order valence-corrected chi connectivity index (χ2v) is 11.0. The smallest absolute Gasteiger partial charge is 0.408 e. The number of hydrogen-bond acceptors (Lipinski definition) is 7. The number of hydrogen-bond donors (Lipinski definition) is 3. The van der Waals surface area contributed by atoms with Gasteiger partial charge in [-0.3, -0.25) is 9.80 Å². The number of aliphatic carboxylic acids is 1. The van der Waals surface area contributed by atoms with Crippen LogP contribution in [-0.2, 0) is 20.7 Å². The van der Waals surface area contributed by atoms with Gasteiger partial charge in [0.2, 0.25) is 0 Å². The average Bonchev–Trinajstić information content (AvgIpc) is 3.14. The summed E-state index contributed by atoms with van der Waals surface area (Å²) in [5, 5.41) is 14.5. The van der Waals surface area contributed by atoms with Crippen molar-refractivity contribution in [2.45, 2.75) is 65.0 Å². The zero-order chi connectivity index (χ0) is 26.5. The third-order valence-electron chi connectivity index (χ3n) is 5.54. The Hall–Kier alpha value is -2.92. The molecule has 2 unspecified atom stereocenters. The second-order valence-electron chi connectivity index (χ2n) is 10.0. The van der Waals surface area contributed by atoms with Gasteiger partial charge in [-0.2, -0.15) is 4.99 Å². The number of nitrogens with zero attached hydrogens (tertiary/aromatic N) is 2. The number of aliphatic imine (C=N–C) groups is 1. The van der Waals surface area contributed by atoms with Gasteiger partial charge in [0, 0.05) is 13.1 Å². The van der Waals surface area contributed by atoms with E-state index in [1.807, 2.05) is 11.9 Å². The van der Waals surface area contributed by atoms with Crippen molar-refractivity contribution < 1.29 is 28.6 Å². The normalized spacial score (nSPS) is 19.1. The Labute approximate surface area is 214 Å². The quantitative estimate of drug-likeness (QED) is 0.463. The van der Waals surface area contributed by atoms with Crippen molar-refractivity contribution in [2.24, 2.45) is 10.9 Å². The molecule has 0 spiro atoms. The number of hydrazine groups is 1. The van der Waals surface area contributed by atoms with Crippen molar-refractivity contribution in [1.82, 2.24) is 15.8 Å². The highest BCUT2D eigenvalue weighted by Crippen LogP contribution is 2.32. The van der Waals surface area contributed by atoms with Gasteiger partial charge in [0.25, 0.3) is 5.91 Å². The predicted molar refractivity (Wildman–Crippen MR) is 137 cm³/mol. The standard InChI is InChI=1S/C25H33FN4O5S/c1-15(12-19(22(32)33)28-24(34)35-25(2,3)4)11-17-13-18(26)8-7-16(17)14-20-21(31)29-23(36-20)30-10-6-5-9-27-30/h7-8,13-15,19,27H,5-6,9-12H2,1-4H3,(H,28,34)(H,32,33). The number of rotatable bonds is 7. The fraction of sp³-hybridized carbons (Fsp3) is 0.520. The van der Waals surface area contributed by atoms with Crippen molar-refractivity contribution in [3.63, 3.8) is 0 Å². The first-order valence-electron chi connectivity index (χ1n) is 12.0. The maximum Gasteiger partial charge on any atom is 0.408 e. The SMILES string of the molecule is CC(Cc1cc(F)ccc1C=C1SC(N2CCCCN2)=NC1=O)CC(NC(=O)OC(C)(C)C)C(=O)O. The molecule has 1 fully saturated rings. The molecule has 0 aliphatic carbocycles. The van der Waals surface area contributed by atoms with E-state index < -0.39 is 29.5 Å². The topological polar surface area (TPSA) is 120 Å². The lowest BCUT2D eigenvalue weighted by Gasteiger charge is -2.28. The number of amides is 2. The summed E-state index contributed by atoms with van der Waals surface area (Å²) in [5.41, 5.74) is 3.77. The van der Waals surface area contributed by atoms with E-state index in [2.05, 4.69) is 15.7 Å². The summed E-state index contributed by atoms with van der Waals surface area (Å²) in [5.74, 6) is -2.19. The van der Waals surface area contributed by atoms with E-state index in [0.717, 1.165) is 25.9 Å². The molecule has 2 aliphatic heterocycles. The lowest BCUT2D eigenvalue weighted by molar-refractivity contribution is -0.140. The predicted octanol–water partition coefficient (Wildman–Crippen LogP) is 3.94. The van der Waals surface area contributed by atoms with E-state index in [1.54, 1.807) is 32.9 Å². The van der Waals surface area contributed by atoms with E-state index >= 15 is 0 Å². The van der Waals surface area contributed by atoms with E-state index in [9.17, 15) is 23.9 Å². The zero-order valence-electron chi connectivity index (χ0n) is 21.0. The van der Waals surface area contributed by atoms with Crippen LogP contribution in [0.5, 0.6) is 0 Å². The highest BCUT2D eigenvalue weighted by atomic mass is 32.2. The lowest BCUT2D eigenvalue weighted by atomic mass is 9.91. The molecule has 1 aromatic carbocycles. The Balaban J connectivity index is 1.70. The lowest BCUT2D eigenvalue weighted by Crippen LogP contribution is -2.45. The van der Waals surface area contributed by atoms with Gasteiger partial charge in [-0.1, -0.05) is 13.0 Å². The summed E-state index contributed by atoms with van der Waals surface area (Å²) >= 11 is 1.27. The molecule has 2 amide bonds. The molecule has 0 radical (unpaired) electrons. The van der Waals surface area contributed by atoms with Crippen LogP contribution < -0.4 is 10.7 Å². The zero-order valence-corrected chi connectivity index (χ0v) is 21.8. The molecule has 1 saturated heterocycles. The summed E-state index contributed by atoms with van der Waals surface area (Å²) in [4.78, 5) is 40.9. The van der Waals surface area contributed by atoms with Gasteiger partial charge in [0.15, 0.2) is 5.17 Å². The highest BCUT2D eigenvalue weighted by molar-refractivity contribution is 8.18. The number of carboxylic acids is 1. The number of amidine groups is 1. The van der Waals surface area contributed by atoms with Gasteiger partial charge in [-0.05, 0) is 93.5 Å². The van der Waals surface area contributed by atoms with Gasteiger partial charge in [0.1, 0.15) is 17.5 Å². The van der Waals surface area contributed by atoms with Crippen molar-refractivity contribution in [1.29, 1.82) is 0 Å². The maximum atomic E-state index is 14.1. The first-order valence-corrected chi connectivity index (χ1v) is 12.8. The Morgan fingerprint density at radius 3 is 2.75 bits per heavy atom. The summed E-state index contributed by atoms with van der Waals surface area (Å²) in [6.45, 7) is 8.49. The van der Waals surface area contributed by atoms with E-state index in [0.29, 0.717) is 27.6 Å². The van der Waals surface area contributed by atoms with Crippen molar-refractivity contribution in [2.75, 3.05) is 13.1 Å². The van der Waals surface area contributed by atoms with Crippen molar-refractivity contribution in [3.8, 4) is 0 Å². The van der Waals surface area contributed by atoms with Crippen LogP contribution in [0.4, 0.5) is 9.18 Å². The number of carbonyl (C=O) groups excluding carboxylic acids is 2. The van der Waals surface area contributed by atoms with Crippen molar-refractivity contribution in [3.05, 3.63) is 40.0 Å². The van der Waals surface area contributed by atoms with Crippen LogP contribution in [-0.4, -0.2) is 58.0 Å². The van der Waals surface area contributed by atoms with Crippen LogP contribution in [0, 0.1) is 11.7 Å². The largest absolute Gasteiger partial charge is 0.480 e. The first kappa shape index (κ1) is 27.7.